The molecule has 144 valence electrons. The van der Waals surface area contributed by atoms with Crippen molar-refractivity contribution in [2.75, 3.05) is 13.1 Å². The molecule has 3 aromatic rings. The zero-order valence-corrected chi connectivity index (χ0v) is 15.9. The number of likely N-dealkylation sites (tertiary alicyclic amines) is 1. The van der Waals surface area contributed by atoms with Crippen LogP contribution < -0.4 is 5.32 Å². The summed E-state index contributed by atoms with van der Waals surface area (Å²) in [6.45, 7) is 3.04. The number of fused-ring (bicyclic) bond motifs is 1. The first kappa shape index (κ1) is 18.2. The quantitative estimate of drug-likeness (QED) is 0.758. The Hall–Kier alpha value is -3.15. The van der Waals surface area contributed by atoms with Crippen molar-refractivity contribution >= 4 is 22.6 Å². The van der Waals surface area contributed by atoms with Crippen LogP contribution in [0.25, 0.3) is 10.8 Å². The van der Waals surface area contributed by atoms with E-state index in [0.29, 0.717) is 31.0 Å². The number of nitrogens with one attached hydrogen (secondary N) is 1. The maximum atomic E-state index is 12.8. The van der Waals surface area contributed by atoms with Crippen molar-refractivity contribution < 1.29 is 14.1 Å². The van der Waals surface area contributed by atoms with Gasteiger partial charge in [-0.3, -0.25) is 9.59 Å². The van der Waals surface area contributed by atoms with Crippen molar-refractivity contribution in [1.82, 2.24) is 15.4 Å². The minimum atomic E-state index is -0.225. The number of piperidine rings is 1. The van der Waals surface area contributed by atoms with Gasteiger partial charge in [0.25, 0.3) is 5.91 Å². The van der Waals surface area contributed by atoms with Gasteiger partial charge in [-0.25, -0.2) is 0 Å². The predicted octanol–water partition coefficient (Wildman–Crippen LogP) is 3.10. The monoisotopic (exact) mass is 377 g/mol. The van der Waals surface area contributed by atoms with Gasteiger partial charge in [-0.1, -0.05) is 47.6 Å². The molecule has 0 atom stereocenters. The second-order valence-electron chi connectivity index (χ2n) is 7.27. The molecule has 6 nitrogen and oxygen atoms in total. The van der Waals surface area contributed by atoms with Crippen LogP contribution in [-0.4, -0.2) is 41.0 Å². The highest BCUT2D eigenvalue weighted by molar-refractivity contribution is 5.92. The number of benzene rings is 2. The van der Waals surface area contributed by atoms with E-state index in [1.165, 1.54) is 0 Å². The molecule has 1 aliphatic heterocycles. The topological polar surface area (TPSA) is 75.4 Å². The smallest absolute Gasteiger partial charge is 0.273 e. The maximum absolute atomic E-state index is 12.8. The lowest BCUT2D eigenvalue weighted by Gasteiger charge is -2.32. The van der Waals surface area contributed by atoms with Gasteiger partial charge in [0.1, 0.15) is 5.76 Å². The Kier molecular flexibility index (Phi) is 5.10. The van der Waals surface area contributed by atoms with Gasteiger partial charge in [-0.2, -0.15) is 0 Å². The molecule has 4 rings (SSSR count). The summed E-state index contributed by atoms with van der Waals surface area (Å²) in [7, 11) is 0. The minimum absolute atomic E-state index is 0.0473. The van der Waals surface area contributed by atoms with E-state index in [-0.39, 0.29) is 17.9 Å². The van der Waals surface area contributed by atoms with Crippen molar-refractivity contribution in [3.63, 3.8) is 0 Å². The second-order valence-corrected chi connectivity index (χ2v) is 7.27. The van der Waals surface area contributed by atoms with Crippen molar-refractivity contribution in [3.8, 4) is 0 Å². The van der Waals surface area contributed by atoms with Crippen LogP contribution in [0.1, 0.15) is 34.7 Å². The molecule has 0 spiro atoms. The number of carbonyl (C=O) groups excluding carboxylic acids is 2. The van der Waals surface area contributed by atoms with Gasteiger partial charge in [0, 0.05) is 25.2 Å². The maximum Gasteiger partial charge on any atom is 0.273 e. The lowest BCUT2D eigenvalue weighted by molar-refractivity contribution is -0.131. The number of amides is 2. The highest BCUT2D eigenvalue weighted by atomic mass is 16.5. The van der Waals surface area contributed by atoms with E-state index in [1.807, 2.05) is 29.2 Å². The first-order chi connectivity index (χ1) is 13.6. The Morgan fingerprint density at radius 3 is 2.64 bits per heavy atom. The van der Waals surface area contributed by atoms with Crippen molar-refractivity contribution in [1.29, 1.82) is 0 Å². The predicted molar refractivity (Wildman–Crippen MR) is 106 cm³/mol. The van der Waals surface area contributed by atoms with Gasteiger partial charge in [0.2, 0.25) is 5.91 Å². The van der Waals surface area contributed by atoms with Crippen LogP contribution in [0.15, 0.2) is 53.1 Å². The Morgan fingerprint density at radius 2 is 1.89 bits per heavy atom. The summed E-state index contributed by atoms with van der Waals surface area (Å²) >= 11 is 0. The number of nitrogens with zero attached hydrogens (tertiary/aromatic N) is 2. The number of carbonyl (C=O) groups is 2. The molecule has 28 heavy (non-hydrogen) atoms. The molecule has 1 fully saturated rings. The van der Waals surface area contributed by atoms with E-state index in [9.17, 15) is 9.59 Å². The third-order valence-electron chi connectivity index (χ3n) is 5.27. The van der Waals surface area contributed by atoms with Gasteiger partial charge in [0.15, 0.2) is 5.69 Å². The SMILES string of the molecule is Cc1cc(C(=O)NC2CCN(C(=O)Cc3cccc4ccccc34)CC2)no1. The molecule has 0 radical (unpaired) electrons. The molecular formula is C22H23N3O3. The summed E-state index contributed by atoms with van der Waals surface area (Å²) in [5.41, 5.74) is 1.35. The van der Waals surface area contributed by atoms with Gasteiger partial charge >= 0.3 is 0 Å². The molecule has 1 N–H and O–H groups in total. The number of hydrogen-bond acceptors (Lipinski definition) is 4. The van der Waals surface area contributed by atoms with Gasteiger partial charge in [0.05, 0.1) is 6.42 Å². The minimum Gasteiger partial charge on any atom is -0.361 e. The number of aryl methyl sites for hydroxylation is 1. The molecule has 0 unspecified atom stereocenters. The highest BCUT2D eigenvalue weighted by Gasteiger charge is 2.25. The van der Waals surface area contributed by atoms with Crippen LogP contribution in [0, 0.1) is 6.92 Å². The summed E-state index contributed by atoms with van der Waals surface area (Å²) in [5.74, 6) is 0.518. The Morgan fingerprint density at radius 1 is 1.14 bits per heavy atom. The van der Waals surface area contributed by atoms with Crippen molar-refractivity contribution in [2.45, 2.75) is 32.2 Å². The third kappa shape index (κ3) is 3.91. The van der Waals surface area contributed by atoms with E-state index in [1.54, 1.807) is 13.0 Å². The lowest BCUT2D eigenvalue weighted by atomic mass is 10.00. The molecule has 1 saturated heterocycles. The van der Waals surface area contributed by atoms with E-state index in [0.717, 1.165) is 29.2 Å². The number of rotatable bonds is 4. The van der Waals surface area contributed by atoms with Crippen molar-refractivity contribution in [2.24, 2.45) is 0 Å². The summed E-state index contributed by atoms with van der Waals surface area (Å²) in [6, 6.07) is 15.9. The second kappa shape index (κ2) is 7.84. The summed E-state index contributed by atoms with van der Waals surface area (Å²) in [5, 5.41) is 9.01. The molecule has 6 heteroatoms. The number of aromatic nitrogens is 1. The summed E-state index contributed by atoms with van der Waals surface area (Å²) in [6.07, 6.45) is 1.88. The van der Waals surface area contributed by atoms with Gasteiger partial charge in [-0.05, 0) is 36.1 Å². The van der Waals surface area contributed by atoms with Crippen LogP contribution in [0.2, 0.25) is 0 Å². The Bertz CT molecular complexity index is 998. The Balaban J connectivity index is 1.33. The molecule has 2 heterocycles. The largest absolute Gasteiger partial charge is 0.361 e. The first-order valence-corrected chi connectivity index (χ1v) is 9.59. The Labute approximate surface area is 163 Å². The molecule has 0 bridgehead atoms. The molecule has 0 saturated carbocycles. The van der Waals surface area contributed by atoms with Gasteiger partial charge in [-0.15, -0.1) is 0 Å². The highest BCUT2D eigenvalue weighted by Crippen LogP contribution is 2.20. The van der Waals surface area contributed by atoms with Crippen LogP contribution in [-0.2, 0) is 11.2 Å². The summed E-state index contributed by atoms with van der Waals surface area (Å²) in [4.78, 5) is 26.9. The van der Waals surface area contributed by atoms with Crippen LogP contribution >= 0.6 is 0 Å². The zero-order chi connectivity index (χ0) is 19.5. The van der Waals surface area contributed by atoms with E-state index in [2.05, 4.69) is 28.7 Å². The standard InChI is InChI=1S/C22H23N3O3/c1-15-13-20(24-28-15)22(27)23-18-9-11-25(12-10-18)21(26)14-17-7-4-6-16-5-2-3-8-19(16)17/h2-8,13,18H,9-12,14H2,1H3,(H,23,27). The average molecular weight is 377 g/mol. The molecule has 1 aromatic heterocycles. The molecule has 1 aliphatic rings. The van der Waals surface area contributed by atoms with E-state index in [4.69, 9.17) is 4.52 Å². The van der Waals surface area contributed by atoms with Gasteiger partial charge < -0.3 is 14.7 Å². The van der Waals surface area contributed by atoms with Crippen LogP contribution in [0.5, 0.6) is 0 Å². The van der Waals surface area contributed by atoms with Crippen LogP contribution in [0.4, 0.5) is 0 Å². The lowest BCUT2D eigenvalue weighted by Crippen LogP contribution is -2.47. The molecule has 2 aromatic carbocycles. The van der Waals surface area contributed by atoms with Crippen LogP contribution in [0.3, 0.4) is 0 Å². The normalized spacial score (nSPS) is 15.0. The average Bonchev–Trinajstić information content (AvgIpc) is 3.15. The molecule has 2 amide bonds. The first-order valence-electron chi connectivity index (χ1n) is 9.59. The molecular weight excluding hydrogens is 354 g/mol. The van der Waals surface area contributed by atoms with E-state index >= 15 is 0 Å². The third-order valence-corrected chi connectivity index (χ3v) is 5.27. The molecule has 0 aliphatic carbocycles. The van der Waals surface area contributed by atoms with E-state index < -0.39 is 0 Å². The van der Waals surface area contributed by atoms with Crippen molar-refractivity contribution in [3.05, 3.63) is 65.5 Å². The zero-order valence-electron chi connectivity index (χ0n) is 15.9. The fraction of sp³-hybridized carbons (Fsp3) is 0.318. The fourth-order valence-electron chi connectivity index (χ4n) is 3.73. The summed E-state index contributed by atoms with van der Waals surface area (Å²) < 4.78 is 4.95. The number of hydrogen-bond donors (Lipinski definition) is 1. The fourth-order valence-corrected chi connectivity index (χ4v) is 3.73.